The van der Waals surface area contributed by atoms with Gasteiger partial charge in [0, 0.05) is 24.3 Å². The van der Waals surface area contributed by atoms with E-state index in [0.29, 0.717) is 19.0 Å². The zero-order valence-electron chi connectivity index (χ0n) is 14.1. The fourth-order valence-electron chi connectivity index (χ4n) is 2.56. The van der Waals surface area contributed by atoms with Gasteiger partial charge in [-0.05, 0) is 30.7 Å². The molecule has 0 aliphatic heterocycles. The van der Waals surface area contributed by atoms with E-state index in [1.807, 2.05) is 18.2 Å². The Hall–Kier alpha value is -2.66. The summed E-state index contributed by atoms with van der Waals surface area (Å²) in [7, 11) is 3.28. The number of hydrogen-bond acceptors (Lipinski definition) is 5. The lowest BCUT2D eigenvalue weighted by Crippen LogP contribution is -2.05. The van der Waals surface area contributed by atoms with E-state index in [2.05, 4.69) is 24.0 Å². The maximum atomic E-state index is 5.82. The average Bonchev–Trinajstić information content (AvgIpc) is 2.62. The van der Waals surface area contributed by atoms with Crippen molar-refractivity contribution in [1.29, 1.82) is 0 Å². The van der Waals surface area contributed by atoms with Crippen molar-refractivity contribution in [1.82, 2.24) is 9.97 Å². The van der Waals surface area contributed by atoms with Crippen molar-refractivity contribution < 1.29 is 14.2 Å². The van der Waals surface area contributed by atoms with Gasteiger partial charge < -0.3 is 14.2 Å². The lowest BCUT2D eigenvalue weighted by molar-refractivity contribution is 0.147. The minimum absolute atomic E-state index is 0.487. The minimum atomic E-state index is 0.487. The van der Waals surface area contributed by atoms with E-state index in [4.69, 9.17) is 19.2 Å². The summed E-state index contributed by atoms with van der Waals surface area (Å²) in [6.45, 7) is 3.09. The molecule has 0 N–H and O–H groups in total. The largest absolute Gasteiger partial charge is 0.495 e. The average molecular weight is 324 g/mol. The van der Waals surface area contributed by atoms with Crippen LogP contribution in [0.1, 0.15) is 5.56 Å². The van der Waals surface area contributed by atoms with E-state index < -0.39 is 0 Å². The van der Waals surface area contributed by atoms with Gasteiger partial charge in [-0.15, -0.1) is 0 Å². The first-order chi connectivity index (χ1) is 11.7. The Kier molecular flexibility index (Phi) is 4.91. The second-order valence-corrected chi connectivity index (χ2v) is 5.43. The molecular formula is C19H20N2O3. The molecule has 2 heterocycles. The maximum absolute atomic E-state index is 5.82. The molecule has 2 aromatic heterocycles. The molecule has 5 nitrogen and oxygen atoms in total. The molecule has 0 unspecified atom stereocenters. The van der Waals surface area contributed by atoms with Gasteiger partial charge in [-0.1, -0.05) is 12.1 Å². The summed E-state index contributed by atoms with van der Waals surface area (Å²) in [4.78, 5) is 9.01. The Balaban J connectivity index is 2.08. The predicted molar refractivity (Wildman–Crippen MR) is 93.6 cm³/mol. The summed E-state index contributed by atoms with van der Waals surface area (Å²) in [5.74, 6) is 1.46. The highest BCUT2D eigenvalue weighted by atomic mass is 16.5. The molecule has 0 fully saturated rings. The summed E-state index contributed by atoms with van der Waals surface area (Å²) in [5.41, 5.74) is 3.72. The summed E-state index contributed by atoms with van der Waals surface area (Å²) in [5, 5.41) is 1.07. The van der Waals surface area contributed by atoms with E-state index in [1.54, 1.807) is 26.6 Å². The number of rotatable bonds is 6. The Morgan fingerprint density at radius 3 is 2.71 bits per heavy atom. The summed E-state index contributed by atoms with van der Waals surface area (Å²) >= 11 is 0. The first-order valence-corrected chi connectivity index (χ1v) is 7.74. The smallest absolute Gasteiger partial charge is 0.145 e. The van der Waals surface area contributed by atoms with Gasteiger partial charge >= 0.3 is 0 Å². The van der Waals surface area contributed by atoms with Crippen molar-refractivity contribution in [2.24, 2.45) is 0 Å². The van der Waals surface area contributed by atoms with Crippen LogP contribution in [-0.4, -0.2) is 37.4 Å². The van der Waals surface area contributed by atoms with Crippen molar-refractivity contribution in [2.45, 2.75) is 6.92 Å². The molecular weight excluding hydrogens is 304 g/mol. The number of methoxy groups -OCH3 is 2. The van der Waals surface area contributed by atoms with Crippen molar-refractivity contribution in [3.8, 4) is 22.8 Å². The van der Waals surface area contributed by atoms with Crippen LogP contribution in [0, 0.1) is 6.92 Å². The van der Waals surface area contributed by atoms with Gasteiger partial charge in [-0.2, -0.15) is 0 Å². The zero-order chi connectivity index (χ0) is 16.9. The van der Waals surface area contributed by atoms with Crippen molar-refractivity contribution in [3.63, 3.8) is 0 Å². The van der Waals surface area contributed by atoms with Gasteiger partial charge in [0.15, 0.2) is 0 Å². The molecule has 0 spiro atoms. The highest BCUT2D eigenvalue weighted by Crippen LogP contribution is 2.30. The number of hydrogen-bond donors (Lipinski definition) is 0. The second kappa shape index (κ2) is 7.27. The van der Waals surface area contributed by atoms with Gasteiger partial charge in [0.25, 0.3) is 0 Å². The van der Waals surface area contributed by atoms with Gasteiger partial charge in [0.1, 0.15) is 23.6 Å². The van der Waals surface area contributed by atoms with Crippen LogP contribution in [0.3, 0.4) is 0 Å². The predicted octanol–water partition coefficient (Wildman–Crippen LogP) is 3.64. The molecule has 0 bridgehead atoms. The fraction of sp³-hybridized carbons (Fsp3) is 0.263. The molecule has 3 aromatic rings. The molecule has 0 atom stereocenters. The first-order valence-electron chi connectivity index (χ1n) is 7.74. The number of aromatic nitrogens is 2. The van der Waals surface area contributed by atoms with E-state index in [-0.39, 0.29) is 0 Å². The standard InChI is InChI=1S/C19H20N2O3/c1-13-9-17(14-10-15(23-3)12-20-11-14)21-19-16(13)5-4-6-18(19)24-8-7-22-2/h4-6,9-12H,7-8H2,1-3H3. The van der Waals surface area contributed by atoms with Crippen LogP contribution in [0.4, 0.5) is 0 Å². The van der Waals surface area contributed by atoms with Crippen LogP contribution in [0.15, 0.2) is 42.7 Å². The molecule has 0 saturated heterocycles. The van der Waals surface area contributed by atoms with Gasteiger partial charge in [0.05, 0.1) is 25.6 Å². The maximum Gasteiger partial charge on any atom is 0.145 e. The number of pyridine rings is 2. The molecule has 1 aromatic carbocycles. The molecule has 0 saturated carbocycles. The molecule has 0 radical (unpaired) electrons. The van der Waals surface area contributed by atoms with Crippen LogP contribution >= 0.6 is 0 Å². The van der Waals surface area contributed by atoms with Crippen LogP contribution in [0.5, 0.6) is 11.5 Å². The van der Waals surface area contributed by atoms with E-state index in [9.17, 15) is 0 Å². The number of para-hydroxylation sites is 1. The van der Waals surface area contributed by atoms with E-state index in [0.717, 1.165) is 33.5 Å². The highest BCUT2D eigenvalue weighted by Gasteiger charge is 2.10. The molecule has 3 rings (SSSR count). The van der Waals surface area contributed by atoms with Crippen LogP contribution in [0.25, 0.3) is 22.2 Å². The molecule has 0 aliphatic carbocycles. The summed E-state index contributed by atoms with van der Waals surface area (Å²) < 4.78 is 16.1. The Labute approximate surface area is 141 Å². The Morgan fingerprint density at radius 1 is 1.04 bits per heavy atom. The molecule has 0 aliphatic rings. The third kappa shape index (κ3) is 3.31. The SMILES string of the molecule is COCCOc1cccc2c(C)cc(-c3cncc(OC)c3)nc12. The van der Waals surface area contributed by atoms with E-state index in [1.165, 1.54) is 0 Å². The Morgan fingerprint density at radius 2 is 1.92 bits per heavy atom. The lowest BCUT2D eigenvalue weighted by Gasteiger charge is -2.12. The number of benzene rings is 1. The van der Waals surface area contributed by atoms with Crippen molar-refractivity contribution >= 4 is 10.9 Å². The first kappa shape index (κ1) is 16.2. The minimum Gasteiger partial charge on any atom is -0.495 e. The highest BCUT2D eigenvalue weighted by molar-refractivity contribution is 5.89. The lowest BCUT2D eigenvalue weighted by atomic mass is 10.1. The third-order valence-corrected chi connectivity index (χ3v) is 3.80. The van der Waals surface area contributed by atoms with Crippen molar-refractivity contribution in [3.05, 3.63) is 48.3 Å². The second-order valence-electron chi connectivity index (χ2n) is 5.43. The van der Waals surface area contributed by atoms with Gasteiger partial charge in [-0.3, -0.25) is 4.98 Å². The molecule has 24 heavy (non-hydrogen) atoms. The number of ether oxygens (including phenoxy) is 3. The number of fused-ring (bicyclic) bond motifs is 1. The quantitative estimate of drug-likeness (QED) is 0.648. The molecule has 5 heteroatoms. The molecule has 124 valence electrons. The van der Waals surface area contributed by atoms with Gasteiger partial charge in [-0.25, -0.2) is 4.98 Å². The monoisotopic (exact) mass is 324 g/mol. The third-order valence-electron chi connectivity index (χ3n) is 3.80. The fourth-order valence-corrected chi connectivity index (χ4v) is 2.56. The van der Waals surface area contributed by atoms with Crippen LogP contribution in [-0.2, 0) is 4.74 Å². The normalized spacial score (nSPS) is 10.8. The summed E-state index contributed by atoms with van der Waals surface area (Å²) in [6.07, 6.45) is 3.46. The van der Waals surface area contributed by atoms with Crippen LogP contribution < -0.4 is 9.47 Å². The Bertz CT molecular complexity index is 849. The van der Waals surface area contributed by atoms with E-state index >= 15 is 0 Å². The number of nitrogens with zero attached hydrogens (tertiary/aromatic N) is 2. The molecule has 0 amide bonds. The zero-order valence-corrected chi connectivity index (χ0v) is 14.1. The van der Waals surface area contributed by atoms with Crippen LogP contribution in [0.2, 0.25) is 0 Å². The van der Waals surface area contributed by atoms with Crippen molar-refractivity contribution in [2.75, 3.05) is 27.4 Å². The topological polar surface area (TPSA) is 53.5 Å². The number of aryl methyl sites for hydroxylation is 1. The summed E-state index contributed by atoms with van der Waals surface area (Å²) in [6, 6.07) is 9.94. The van der Waals surface area contributed by atoms with Gasteiger partial charge in [0.2, 0.25) is 0 Å².